The molecule has 0 spiro atoms. The summed E-state index contributed by atoms with van der Waals surface area (Å²) in [7, 11) is 0. The quantitative estimate of drug-likeness (QED) is 0.526. The maximum Gasteiger partial charge on any atom is 0.172 e. The second-order valence-electron chi connectivity index (χ2n) is 1.96. The molecule has 3 nitrogen and oxygen atoms in total. The molecular formula is C6H6N2O. The Labute approximate surface area is 51.9 Å². The second kappa shape index (κ2) is 1.37. The number of hydrogen-bond donors (Lipinski definition) is 0. The number of aryl methyl sites for hydroxylation is 1. The highest BCUT2D eigenvalue weighted by molar-refractivity contribution is 5.36. The van der Waals surface area contributed by atoms with Gasteiger partial charge in [-0.15, -0.1) is 0 Å². The van der Waals surface area contributed by atoms with Crippen molar-refractivity contribution in [2.24, 2.45) is 0 Å². The van der Waals surface area contributed by atoms with Gasteiger partial charge in [0.15, 0.2) is 5.65 Å². The average molecular weight is 122 g/mol. The van der Waals surface area contributed by atoms with E-state index in [-0.39, 0.29) is 0 Å². The van der Waals surface area contributed by atoms with E-state index >= 15 is 0 Å². The average Bonchev–Trinajstić information content (AvgIpc) is 2.35. The number of fused-ring (bicyclic) bond motifs is 1. The van der Waals surface area contributed by atoms with Gasteiger partial charge in [-0.1, -0.05) is 0 Å². The summed E-state index contributed by atoms with van der Waals surface area (Å²) < 4.78 is 6.72. The number of aromatic nitrogens is 2. The fraction of sp³-hybridized carbons (Fsp3) is 0.167. The smallest absolute Gasteiger partial charge is 0.172 e. The lowest BCUT2D eigenvalue weighted by Crippen LogP contribution is -1.76. The van der Waals surface area contributed by atoms with Gasteiger partial charge in [-0.25, -0.2) is 4.98 Å². The van der Waals surface area contributed by atoms with Crippen LogP contribution in [0.4, 0.5) is 0 Å². The van der Waals surface area contributed by atoms with Gasteiger partial charge in [-0.05, 0) is 6.92 Å². The molecule has 0 unspecified atom stereocenters. The zero-order valence-corrected chi connectivity index (χ0v) is 5.03. The van der Waals surface area contributed by atoms with Crippen LogP contribution in [0.25, 0.3) is 5.65 Å². The van der Waals surface area contributed by atoms with Crippen molar-refractivity contribution < 1.29 is 4.52 Å². The van der Waals surface area contributed by atoms with Crippen LogP contribution in [0.3, 0.4) is 0 Å². The third-order valence-corrected chi connectivity index (χ3v) is 1.30. The highest BCUT2D eigenvalue weighted by atomic mass is 16.5. The number of nitrogens with zero attached hydrogens (tertiary/aromatic N) is 2. The van der Waals surface area contributed by atoms with Crippen LogP contribution < -0.4 is 0 Å². The van der Waals surface area contributed by atoms with Crippen molar-refractivity contribution in [1.29, 1.82) is 0 Å². The van der Waals surface area contributed by atoms with Crippen molar-refractivity contribution in [2.45, 2.75) is 6.92 Å². The molecule has 0 aliphatic carbocycles. The van der Waals surface area contributed by atoms with E-state index in [4.69, 9.17) is 4.52 Å². The van der Waals surface area contributed by atoms with Crippen molar-refractivity contribution in [3.8, 4) is 0 Å². The van der Waals surface area contributed by atoms with E-state index in [0.717, 1.165) is 11.3 Å². The Morgan fingerprint density at radius 3 is 3.33 bits per heavy atom. The lowest BCUT2D eigenvalue weighted by atomic mass is 10.6. The molecule has 46 valence electrons. The Kier molecular flexibility index (Phi) is 0.704. The summed E-state index contributed by atoms with van der Waals surface area (Å²) >= 11 is 0. The van der Waals surface area contributed by atoms with Gasteiger partial charge in [-0.2, -0.15) is 4.57 Å². The van der Waals surface area contributed by atoms with Crippen LogP contribution in [0.5, 0.6) is 0 Å². The van der Waals surface area contributed by atoms with E-state index in [2.05, 4.69) is 4.98 Å². The molecule has 2 rings (SSSR count). The topological polar surface area (TPSA) is 30.4 Å². The number of hydrogen-bond acceptors (Lipinski definition) is 2. The third-order valence-electron chi connectivity index (χ3n) is 1.30. The van der Waals surface area contributed by atoms with E-state index in [1.165, 1.54) is 0 Å². The van der Waals surface area contributed by atoms with Gasteiger partial charge in [0.1, 0.15) is 6.26 Å². The standard InChI is InChI=1S/C6H6N2O/c1-5-4-7-6-2-3-9-8(5)6/h2-4H,1H3. The Morgan fingerprint density at radius 1 is 1.67 bits per heavy atom. The van der Waals surface area contributed by atoms with E-state index < -0.39 is 0 Å². The first-order chi connectivity index (χ1) is 4.38. The predicted octanol–water partition coefficient (Wildman–Crippen LogP) is 1.24. The molecule has 0 aliphatic rings. The maximum atomic E-state index is 5.04. The van der Waals surface area contributed by atoms with Gasteiger partial charge < -0.3 is 4.52 Å². The molecule has 0 bridgehead atoms. The van der Waals surface area contributed by atoms with Crippen LogP contribution in [0.1, 0.15) is 5.69 Å². The van der Waals surface area contributed by atoms with Crippen LogP contribution in [-0.4, -0.2) is 9.56 Å². The molecule has 0 aromatic carbocycles. The molecular weight excluding hydrogens is 116 g/mol. The first-order valence-electron chi connectivity index (χ1n) is 2.76. The molecule has 0 N–H and O–H groups in total. The molecule has 9 heavy (non-hydrogen) atoms. The van der Waals surface area contributed by atoms with E-state index in [1.807, 2.05) is 13.0 Å². The minimum Gasteiger partial charge on any atom is -0.381 e. The summed E-state index contributed by atoms with van der Waals surface area (Å²) in [5.41, 5.74) is 1.89. The van der Waals surface area contributed by atoms with Crippen LogP contribution >= 0.6 is 0 Å². The zero-order valence-electron chi connectivity index (χ0n) is 5.03. The molecule has 2 aromatic heterocycles. The molecule has 0 saturated heterocycles. The largest absolute Gasteiger partial charge is 0.381 e. The second-order valence-corrected chi connectivity index (χ2v) is 1.96. The molecule has 0 radical (unpaired) electrons. The van der Waals surface area contributed by atoms with E-state index in [9.17, 15) is 0 Å². The van der Waals surface area contributed by atoms with Gasteiger partial charge in [0.25, 0.3) is 0 Å². The molecule has 0 atom stereocenters. The maximum absolute atomic E-state index is 5.04. The van der Waals surface area contributed by atoms with Crippen molar-refractivity contribution in [2.75, 3.05) is 0 Å². The molecule has 0 aliphatic heterocycles. The first kappa shape index (κ1) is 4.61. The molecule has 2 aromatic rings. The lowest BCUT2D eigenvalue weighted by Gasteiger charge is -1.81. The van der Waals surface area contributed by atoms with Crippen molar-refractivity contribution in [1.82, 2.24) is 9.56 Å². The van der Waals surface area contributed by atoms with Crippen molar-refractivity contribution >= 4 is 5.65 Å². The number of imidazole rings is 1. The molecule has 3 heteroatoms. The van der Waals surface area contributed by atoms with Crippen molar-refractivity contribution in [3.63, 3.8) is 0 Å². The Balaban J connectivity index is 2.99. The van der Waals surface area contributed by atoms with Gasteiger partial charge in [0, 0.05) is 6.07 Å². The molecule has 2 heterocycles. The highest BCUT2D eigenvalue weighted by Gasteiger charge is 1.97. The molecule has 0 fully saturated rings. The summed E-state index contributed by atoms with van der Waals surface area (Å²) in [6, 6.07) is 1.83. The normalized spacial score (nSPS) is 10.8. The predicted molar refractivity (Wildman–Crippen MR) is 32.2 cm³/mol. The SMILES string of the molecule is Cc1cnc2ccon12. The number of rotatable bonds is 0. The van der Waals surface area contributed by atoms with Crippen molar-refractivity contribution in [3.05, 3.63) is 24.2 Å². The van der Waals surface area contributed by atoms with Gasteiger partial charge >= 0.3 is 0 Å². The van der Waals surface area contributed by atoms with Crippen LogP contribution in [0.15, 0.2) is 23.0 Å². The summed E-state index contributed by atoms with van der Waals surface area (Å²) in [6.07, 6.45) is 3.40. The zero-order chi connectivity index (χ0) is 6.27. The Hall–Kier alpha value is -1.25. The minimum atomic E-state index is 0.868. The molecule has 0 amide bonds. The van der Waals surface area contributed by atoms with Crippen LogP contribution in [0, 0.1) is 6.92 Å². The van der Waals surface area contributed by atoms with E-state index in [1.54, 1.807) is 17.0 Å². The minimum absolute atomic E-state index is 0.868. The van der Waals surface area contributed by atoms with Gasteiger partial charge in [0.05, 0.1) is 11.9 Å². The van der Waals surface area contributed by atoms with Crippen LogP contribution in [-0.2, 0) is 0 Å². The third kappa shape index (κ3) is 0.483. The Bertz CT molecular complexity index is 320. The van der Waals surface area contributed by atoms with Gasteiger partial charge in [0.2, 0.25) is 0 Å². The summed E-state index contributed by atoms with van der Waals surface area (Å²) in [5, 5.41) is 0. The Morgan fingerprint density at radius 2 is 2.56 bits per heavy atom. The summed E-state index contributed by atoms with van der Waals surface area (Å²) in [5.74, 6) is 0. The summed E-state index contributed by atoms with van der Waals surface area (Å²) in [4.78, 5) is 4.05. The molecule has 0 saturated carbocycles. The monoisotopic (exact) mass is 122 g/mol. The fourth-order valence-electron chi connectivity index (χ4n) is 0.845. The van der Waals surface area contributed by atoms with Gasteiger partial charge in [-0.3, -0.25) is 0 Å². The fourth-order valence-corrected chi connectivity index (χ4v) is 0.845. The van der Waals surface area contributed by atoms with E-state index in [0.29, 0.717) is 0 Å². The first-order valence-corrected chi connectivity index (χ1v) is 2.76. The lowest BCUT2D eigenvalue weighted by molar-refractivity contribution is 0.370. The highest BCUT2D eigenvalue weighted by Crippen LogP contribution is 2.04. The summed E-state index contributed by atoms with van der Waals surface area (Å²) in [6.45, 7) is 1.95. The van der Waals surface area contributed by atoms with Crippen LogP contribution in [0.2, 0.25) is 0 Å².